The molecule has 0 saturated carbocycles. The number of primary amides is 1. The van der Waals surface area contributed by atoms with Crippen molar-refractivity contribution in [1.82, 2.24) is 14.6 Å². The summed E-state index contributed by atoms with van der Waals surface area (Å²) in [6.45, 7) is 4.27. The Balaban J connectivity index is 2.09. The van der Waals surface area contributed by atoms with Crippen molar-refractivity contribution in [2.24, 2.45) is 11.7 Å². The number of aromatic nitrogens is 1. The van der Waals surface area contributed by atoms with Crippen LogP contribution in [0.15, 0.2) is 48.5 Å². The van der Waals surface area contributed by atoms with Crippen molar-refractivity contribution < 1.29 is 23.2 Å². The Morgan fingerprint density at radius 1 is 1.03 bits per heavy atom. The van der Waals surface area contributed by atoms with Crippen LogP contribution in [0.3, 0.4) is 0 Å². The van der Waals surface area contributed by atoms with Gasteiger partial charge in [0.1, 0.15) is 22.6 Å². The third-order valence-electron chi connectivity index (χ3n) is 5.45. The van der Waals surface area contributed by atoms with Gasteiger partial charge in [-0.3, -0.25) is 14.4 Å². The van der Waals surface area contributed by atoms with Gasteiger partial charge < -0.3 is 21.7 Å². The molecule has 11 heteroatoms. The Morgan fingerprint density at radius 3 is 2.14 bits per heavy atom. The van der Waals surface area contributed by atoms with Crippen molar-refractivity contribution in [3.8, 4) is 0 Å². The van der Waals surface area contributed by atoms with E-state index in [1.165, 1.54) is 53.4 Å². The number of nitrogens with one attached hydrogen (secondary N) is 1. The van der Waals surface area contributed by atoms with Crippen LogP contribution in [0.2, 0.25) is 0 Å². The van der Waals surface area contributed by atoms with E-state index in [1.807, 2.05) is 13.8 Å². The van der Waals surface area contributed by atoms with E-state index in [9.17, 15) is 23.2 Å². The molecular formula is C25H27F2N5O3S. The normalized spacial score (nSPS) is 11.8. The molecule has 0 spiro atoms. The summed E-state index contributed by atoms with van der Waals surface area (Å²) in [5.74, 6) is -2.71. The molecule has 0 aliphatic carbocycles. The Labute approximate surface area is 211 Å². The van der Waals surface area contributed by atoms with Crippen LogP contribution in [0.1, 0.15) is 57.6 Å². The molecule has 0 fully saturated rings. The molecule has 190 valence electrons. The van der Waals surface area contributed by atoms with Gasteiger partial charge in [0, 0.05) is 13.1 Å². The second kappa shape index (κ2) is 11.7. The fourth-order valence-corrected chi connectivity index (χ4v) is 4.29. The third kappa shape index (κ3) is 6.42. The topological polar surface area (TPSA) is 131 Å². The number of nitrogens with two attached hydrogens (primary N) is 2. The van der Waals surface area contributed by atoms with Gasteiger partial charge in [0.15, 0.2) is 5.69 Å². The summed E-state index contributed by atoms with van der Waals surface area (Å²) in [6, 6.07) is 9.47. The maximum absolute atomic E-state index is 13.8. The SMILES string of the molecule is CC(C)CCNC(=O)[C@@H](c1ccc(F)cc1)N(Cc1ccc(F)cc1)C(=O)c1snc(C(N)=O)c1N. The van der Waals surface area contributed by atoms with E-state index < -0.39 is 35.4 Å². The van der Waals surface area contributed by atoms with E-state index >= 15 is 0 Å². The van der Waals surface area contributed by atoms with Gasteiger partial charge in [-0.1, -0.05) is 38.1 Å². The molecule has 0 radical (unpaired) electrons. The van der Waals surface area contributed by atoms with Gasteiger partial charge in [0.2, 0.25) is 5.91 Å². The predicted octanol–water partition coefficient (Wildman–Crippen LogP) is 3.65. The average molecular weight is 516 g/mol. The lowest BCUT2D eigenvalue weighted by atomic mass is 10.0. The number of halogens is 2. The van der Waals surface area contributed by atoms with Gasteiger partial charge in [-0.05, 0) is 59.3 Å². The average Bonchev–Trinajstić information content (AvgIpc) is 3.22. The van der Waals surface area contributed by atoms with E-state index in [0.717, 1.165) is 0 Å². The summed E-state index contributed by atoms with van der Waals surface area (Å²) in [7, 11) is 0. The van der Waals surface area contributed by atoms with Gasteiger partial charge in [0.05, 0.1) is 5.69 Å². The monoisotopic (exact) mass is 515 g/mol. The van der Waals surface area contributed by atoms with Gasteiger partial charge >= 0.3 is 0 Å². The molecule has 2 aromatic carbocycles. The number of benzene rings is 2. The molecule has 0 bridgehead atoms. The fourth-order valence-electron chi connectivity index (χ4n) is 3.53. The zero-order chi connectivity index (χ0) is 26.4. The number of hydrogen-bond donors (Lipinski definition) is 3. The molecule has 0 unspecified atom stereocenters. The van der Waals surface area contributed by atoms with Crippen molar-refractivity contribution in [1.29, 1.82) is 0 Å². The first kappa shape index (κ1) is 26.7. The number of nitrogens with zero attached hydrogens (tertiary/aromatic N) is 2. The molecule has 8 nitrogen and oxygen atoms in total. The summed E-state index contributed by atoms with van der Waals surface area (Å²) in [5, 5.41) is 2.84. The first-order valence-electron chi connectivity index (χ1n) is 11.2. The lowest BCUT2D eigenvalue weighted by Crippen LogP contribution is -2.43. The molecule has 0 aliphatic rings. The zero-order valence-corrected chi connectivity index (χ0v) is 20.6. The summed E-state index contributed by atoms with van der Waals surface area (Å²) in [6.07, 6.45) is 0.706. The first-order valence-corrected chi connectivity index (χ1v) is 12.0. The Hall–Kier alpha value is -3.86. The fraction of sp³-hybridized carbons (Fsp3) is 0.280. The zero-order valence-electron chi connectivity index (χ0n) is 19.8. The van der Waals surface area contributed by atoms with Crippen LogP contribution in [-0.4, -0.2) is 33.5 Å². The van der Waals surface area contributed by atoms with Gasteiger partial charge in [-0.2, -0.15) is 4.37 Å². The van der Waals surface area contributed by atoms with Crippen LogP contribution < -0.4 is 16.8 Å². The van der Waals surface area contributed by atoms with Crippen LogP contribution in [0.25, 0.3) is 0 Å². The van der Waals surface area contributed by atoms with E-state index in [-0.39, 0.29) is 22.8 Å². The molecule has 1 aromatic heterocycles. The molecule has 3 rings (SSSR count). The molecule has 3 aromatic rings. The van der Waals surface area contributed by atoms with Crippen molar-refractivity contribution in [2.75, 3.05) is 12.3 Å². The largest absolute Gasteiger partial charge is 0.395 e. The summed E-state index contributed by atoms with van der Waals surface area (Å²) in [4.78, 5) is 40.0. The van der Waals surface area contributed by atoms with E-state index in [0.29, 0.717) is 41.5 Å². The Kier molecular flexibility index (Phi) is 8.70. The van der Waals surface area contributed by atoms with E-state index in [2.05, 4.69) is 9.69 Å². The summed E-state index contributed by atoms with van der Waals surface area (Å²) >= 11 is 0.684. The van der Waals surface area contributed by atoms with Crippen LogP contribution in [-0.2, 0) is 11.3 Å². The lowest BCUT2D eigenvalue weighted by molar-refractivity contribution is -0.126. The Morgan fingerprint density at radius 2 is 1.61 bits per heavy atom. The molecular weight excluding hydrogens is 488 g/mol. The minimum Gasteiger partial charge on any atom is -0.395 e. The minimum absolute atomic E-state index is 0.0759. The van der Waals surface area contributed by atoms with Crippen molar-refractivity contribution >= 4 is 34.9 Å². The second-order valence-electron chi connectivity index (χ2n) is 8.63. The maximum atomic E-state index is 13.8. The number of amides is 3. The van der Waals surface area contributed by atoms with Crippen LogP contribution in [0.5, 0.6) is 0 Å². The smallest absolute Gasteiger partial charge is 0.270 e. The first-order chi connectivity index (χ1) is 17.1. The summed E-state index contributed by atoms with van der Waals surface area (Å²) < 4.78 is 31.1. The highest BCUT2D eigenvalue weighted by molar-refractivity contribution is 7.09. The molecule has 0 aliphatic heterocycles. The van der Waals surface area contributed by atoms with E-state index in [1.54, 1.807) is 0 Å². The standard InChI is InChI=1S/C25H27F2N5O3S/c1-14(2)11-12-30-24(34)21(16-5-9-18(27)10-6-16)32(13-15-3-7-17(26)8-4-15)25(35)22-19(28)20(23(29)33)31-36-22/h3-10,14,21H,11-13,28H2,1-2H3,(H2,29,33)(H,30,34)/t21-/m1/s1. The lowest BCUT2D eigenvalue weighted by Gasteiger charge is -2.31. The molecule has 1 atom stereocenters. The predicted molar refractivity (Wildman–Crippen MR) is 133 cm³/mol. The number of hydrogen-bond acceptors (Lipinski definition) is 6. The molecule has 3 amide bonds. The van der Waals surface area contributed by atoms with Gasteiger partial charge in [0.25, 0.3) is 11.8 Å². The van der Waals surface area contributed by atoms with Crippen LogP contribution in [0.4, 0.5) is 14.5 Å². The molecule has 36 heavy (non-hydrogen) atoms. The number of anilines is 1. The van der Waals surface area contributed by atoms with Gasteiger partial charge in [-0.25, -0.2) is 8.78 Å². The van der Waals surface area contributed by atoms with E-state index in [4.69, 9.17) is 11.5 Å². The molecule has 5 N–H and O–H groups in total. The minimum atomic E-state index is -1.19. The number of carbonyl (C=O) groups is 3. The van der Waals surface area contributed by atoms with Crippen molar-refractivity contribution in [3.05, 3.63) is 81.9 Å². The van der Waals surface area contributed by atoms with Gasteiger partial charge in [-0.15, -0.1) is 0 Å². The summed E-state index contributed by atoms with van der Waals surface area (Å²) in [5.41, 5.74) is 11.7. The number of carbonyl (C=O) groups excluding carboxylic acids is 3. The second-order valence-corrected chi connectivity index (χ2v) is 9.40. The van der Waals surface area contributed by atoms with Crippen molar-refractivity contribution in [2.45, 2.75) is 32.9 Å². The maximum Gasteiger partial charge on any atom is 0.270 e. The highest BCUT2D eigenvalue weighted by Gasteiger charge is 2.35. The van der Waals surface area contributed by atoms with Crippen LogP contribution >= 0.6 is 11.5 Å². The van der Waals surface area contributed by atoms with Crippen molar-refractivity contribution in [3.63, 3.8) is 0 Å². The molecule has 0 saturated heterocycles. The quantitative estimate of drug-likeness (QED) is 0.379. The highest BCUT2D eigenvalue weighted by atomic mass is 32.1. The van der Waals surface area contributed by atoms with Crippen LogP contribution in [0, 0.1) is 17.6 Å². The number of nitrogen functional groups attached to an aromatic ring is 1. The number of rotatable bonds is 10. The molecule has 1 heterocycles. The highest BCUT2D eigenvalue weighted by Crippen LogP contribution is 2.30. The third-order valence-corrected chi connectivity index (χ3v) is 6.30. The Bertz CT molecular complexity index is 1230.